The second-order valence-electron chi connectivity index (χ2n) is 7.19. The van der Waals surface area contributed by atoms with E-state index >= 15 is 0 Å². The van der Waals surface area contributed by atoms with Gasteiger partial charge in [0.25, 0.3) is 11.7 Å². The number of anilines is 1. The number of methoxy groups -OCH3 is 1. The van der Waals surface area contributed by atoms with Crippen molar-refractivity contribution in [2.24, 2.45) is 0 Å². The predicted octanol–water partition coefficient (Wildman–Crippen LogP) is 5.81. The molecule has 0 radical (unpaired) electrons. The van der Waals surface area contributed by atoms with Crippen LogP contribution in [0.2, 0.25) is 10.0 Å². The van der Waals surface area contributed by atoms with Gasteiger partial charge in [0.15, 0.2) is 17.4 Å². The van der Waals surface area contributed by atoms with Crippen molar-refractivity contribution in [3.63, 3.8) is 0 Å². The van der Waals surface area contributed by atoms with Crippen LogP contribution in [-0.2, 0) is 9.59 Å². The minimum atomic E-state index is -1.26. The molecule has 170 valence electrons. The van der Waals surface area contributed by atoms with Gasteiger partial charge in [-0.3, -0.25) is 14.5 Å². The van der Waals surface area contributed by atoms with Crippen molar-refractivity contribution in [2.75, 3.05) is 12.0 Å². The highest BCUT2D eigenvalue weighted by Gasteiger charge is 2.48. The standard InChI is InChI=1S/C23H15Cl2F2NO5/c1-10-3-6-17(33-10)19-18(20(29)11-7-13(24)22(32-2)14(25)8-11)21(30)23(31)28(19)12-4-5-15(26)16(27)9-12/h3-9,19,29H,1-2H3/b20-18-. The average molecular weight is 494 g/mol. The lowest BCUT2D eigenvalue weighted by atomic mass is 9.99. The molecule has 1 fully saturated rings. The lowest BCUT2D eigenvalue weighted by molar-refractivity contribution is -0.132. The monoisotopic (exact) mass is 493 g/mol. The molecule has 1 saturated heterocycles. The first-order valence-electron chi connectivity index (χ1n) is 9.49. The molecule has 0 bridgehead atoms. The van der Waals surface area contributed by atoms with Gasteiger partial charge >= 0.3 is 0 Å². The third-order valence-corrected chi connectivity index (χ3v) is 5.69. The quantitative estimate of drug-likeness (QED) is 0.282. The molecule has 33 heavy (non-hydrogen) atoms. The zero-order valence-electron chi connectivity index (χ0n) is 17.2. The molecule has 1 aliphatic rings. The zero-order valence-corrected chi connectivity index (χ0v) is 18.7. The fraction of sp³-hybridized carbons (Fsp3) is 0.130. The highest BCUT2D eigenvalue weighted by atomic mass is 35.5. The fourth-order valence-electron chi connectivity index (χ4n) is 3.65. The number of Topliss-reactive ketones (excluding diaryl/α,β-unsaturated/α-hetero) is 1. The summed E-state index contributed by atoms with van der Waals surface area (Å²) in [5, 5.41) is 11.2. The van der Waals surface area contributed by atoms with Crippen LogP contribution in [0, 0.1) is 18.6 Å². The summed E-state index contributed by atoms with van der Waals surface area (Å²) in [7, 11) is 1.36. The number of nitrogens with zero attached hydrogens (tertiary/aromatic N) is 1. The molecule has 0 aliphatic carbocycles. The van der Waals surface area contributed by atoms with Gasteiger partial charge in [0.2, 0.25) is 0 Å². The van der Waals surface area contributed by atoms with Crippen LogP contribution in [-0.4, -0.2) is 23.9 Å². The minimum Gasteiger partial charge on any atom is -0.507 e. The van der Waals surface area contributed by atoms with Crippen molar-refractivity contribution in [1.82, 2.24) is 0 Å². The molecule has 1 amide bonds. The molecule has 1 aliphatic heterocycles. The van der Waals surface area contributed by atoms with Crippen molar-refractivity contribution < 1.29 is 32.6 Å². The van der Waals surface area contributed by atoms with E-state index in [1.807, 2.05) is 0 Å². The van der Waals surface area contributed by atoms with Crippen LogP contribution in [0.5, 0.6) is 5.75 Å². The number of ketones is 1. The Morgan fingerprint density at radius 2 is 1.73 bits per heavy atom. The molecular weight excluding hydrogens is 479 g/mol. The topological polar surface area (TPSA) is 80.0 Å². The first-order valence-corrected chi connectivity index (χ1v) is 10.3. The number of benzene rings is 2. The summed E-state index contributed by atoms with van der Waals surface area (Å²) in [6.45, 7) is 1.65. The molecule has 0 spiro atoms. The maximum atomic E-state index is 13.9. The fourth-order valence-corrected chi connectivity index (χ4v) is 4.29. The predicted molar refractivity (Wildman–Crippen MR) is 118 cm³/mol. The third kappa shape index (κ3) is 3.85. The number of amides is 1. The number of halogens is 4. The van der Waals surface area contributed by atoms with Crippen molar-refractivity contribution in [3.8, 4) is 5.75 Å². The Hall–Kier alpha value is -3.36. The highest BCUT2D eigenvalue weighted by Crippen LogP contribution is 2.44. The number of hydrogen-bond acceptors (Lipinski definition) is 5. The van der Waals surface area contributed by atoms with Gasteiger partial charge in [0.1, 0.15) is 23.3 Å². The molecule has 1 atom stereocenters. The first kappa shape index (κ1) is 22.8. The molecule has 10 heteroatoms. The van der Waals surface area contributed by atoms with Crippen LogP contribution in [0.4, 0.5) is 14.5 Å². The third-order valence-electron chi connectivity index (χ3n) is 5.13. The van der Waals surface area contributed by atoms with Crippen LogP contribution in [0.15, 0.2) is 52.5 Å². The lowest BCUT2D eigenvalue weighted by Crippen LogP contribution is -2.29. The molecule has 1 aromatic heterocycles. The molecule has 2 heterocycles. The highest BCUT2D eigenvalue weighted by molar-refractivity contribution is 6.51. The molecule has 1 N–H and O–H groups in total. The molecule has 2 aromatic carbocycles. The van der Waals surface area contributed by atoms with E-state index in [-0.39, 0.29) is 38.4 Å². The second-order valence-corrected chi connectivity index (χ2v) is 8.00. The molecule has 4 rings (SSSR count). The Balaban J connectivity index is 1.95. The Morgan fingerprint density at radius 3 is 2.27 bits per heavy atom. The van der Waals surface area contributed by atoms with Crippen LogP contribution < -0.4 is 9.64 Å². The van der Waals surface area contributed by atoms with E-state index in [0.29, 0.717) is 5.76 Å². The Labute approximate surface area is 196 Å². The van der Waals surface area contributed by atoms with E-state index in [1.165, 1.54) is 25.3 Å². The van der Waals surface area contributed by atoms with Crippen LogP contribution in [0.3, 0.4) is 0 Å². The summed E-state index contributed by atoms with van der Waals surface area (Å²) in [4.78, 5) is 26.9. The molecule has 3 aromatic rings. The van der Waals surface area contributed by atoms with E-state index < -0.39 is 35.1 Å². The number of aliphatic hydroxyl groups is 1. The van der Waals surface area contributed by atoms with Crippen LogP contribution in [0.1, 0.15) is 23.1 Å². The largest absolute Gasteiger partial charge is 0.507 e. The maximum absolute atomic E-state index is 13.9. The van der Waals surface area contributed by atoms with Crippen molar-refractivity contribution in [2.45, 2.75) is 13.0 Å². The maximum Gasteiger partial charge on any atom is 0.300 e. The van der Waals surface area contributed by atoms with E-state index in [2.05, 4.69) is 0 Å². The summed E-state index contributed by atoms with van der Waals surface area (Å²) < 4.78 is 38.2. The molecule has 6 nitrogen and oxygen atoms in total. The van der Waals surface area contributed by atoms with Gasteiger partial charge in [-0.25, -0.2) is 8.78 Å². The van der Waals surface area contributed by atoms with E-state index in [9.17, 15) is 23.5 Å². The smallest absolute Gasteiger partial charge is 0.300 e. The normalized spacial score (nSPS) is 17.6. The van der Waals surface area contributed by atoms with Gasteiger partial charge in [-0.15, -0.1) is 0 Å². The van der Waals surface area contributed by atoms with Gasteiger partial charge in [-0.1, -0.05) is 23.2 Å². The van der Waals surface area contributed by atoms with Crippen molar-refractivity contribution >= 4 is 46.3 Å². The van der Waals surface area contributed by atoms with E-state index in [0.717, 1.165) is 23.1 Å². The van der Waals surface area contributed by atoms with Gasteiger partial charge in [-0.2, -0.15) is 0 Å². The molecular formula is C23H15Cl2F2NO5. The number of carbonyl (C=O) groups is 2. The minimum absolute atomic E-state index is 0.0439. The summed E-state index contributed by atoms with van der Waals surface area (Å²) in [5.41, 5.74) is -0.390. The number of furan rings is 1. The summed E-state index contributed by atoms with van der Waals surface area (Å²) in [5.74, 6) is -4.27. The van der Waals surface area contributed by atoms with Crippen LogP contribution in [0.25, 0.3) is 5.76 Å². The number of hydrogen-bond donors (Lipinski definition) is 1. The van der Waals surface area contributed by atoms with Crippen molar-refractivity contribution in [3.05, 3.63) is 86.8 Å². The number of carbonyl (C=O) groups excluding carboxylic acids is 2. The number of aryl methyl sites for hydroxylation is 1. The van der Waals surface area contributed by atoms with Crippen LogP contribution >= 0.6 is 23.2 Å². The zero-order chi connectivity index (χ0) is 24.0. The summed E-state index contributed by atoms with van der Waals surface area (Å²) >= 11 is 12.3. The summed E-state index contributed by atoms with van der Waals surface area (Å²) in [6, 6.07) is 7.24. The number of rotatable bonds is 4. The molecule has 1 unspecified atom stereocenters. The Bertz CT molecular complexity index is 1310. The van der Waals surface area contributed by atoms with E-state index in [4.69, 9.17) is 32.4 Å². The number of aliphatic hydroxyl groups excluding tert-OH is 1. The van der Waals surface area contributed by atoms with Gasteiger partial charge < -0.3 is 14.3 Å². The van der Waals surface area contributed by atoms with Crippen molar-refractivity contribution in [1.29, 1.82) is 0 Å². The first-order chi connectivity index (χ1) is 15.6. The number of ether oxygens (including phenoxy) is 1. The average Bonchev–Trinajstić information content (AvgIpc) is 3.30. The second kappa shape index (κ2) is 8.53. The summed E-state index contributed by atoms with van der Waals surface area (Å²) in [6.07, 6.45) is 0. The lowest BCUT2D eigenvalue weighted by Gasteiger charge is -2.23. The van der Waals surface area contributed by atoms with Gasteiger partial charge in [0.05, 0.1) is 22.7 Å². The van der Waals surface area contributed by atoms with Gasteiger partial charge in [-0.05, 0) is 43.3 Å². The van der Waals surface area contributed by atoms with E-state index in [1.54, 1.807) is 13.0 Å². The Kier molecular flexibility index (Phi) is 5.90. The van der Waals surface area contributed by atoms with Gasteiger partial charge in [0, 0.05) is 17.3 Å². The molecule has 0 saturated carbocycles. The SMILES string of the molecule is COc1c(Cl)cc(/C(O)=C2/C(=O)C(=O)N(c3ccc(F)c(F)c3)C2c2ccc(C)o2)cc1Cl. The Morgan fingerprint density at radius 1 is 1.06 bits per heavy atom.